The van der Waals surface area contributed by atoms with Crippen molar-refractivity contribution in [1.29, 1.82) is 0 Å². The highest BCUT2D eigenvalue weighted by atomic mass is 32.2. The molecule has 1 aliphatic carbocycles. The average molecular weight is 263 g/mol. The number of hydrogen-bond acceptors (Lipinski definition) is 4. The third kappa shape index (κ3) is 2.81. The zero-order chi connectivity index (χ0) is 12.3. The maximum absolute atomic E-state index is 12.5. The molecule has 2 aliphatic rings. The quantitative estimate of drug-likeness (QED) is 0.797. The predicted octanol–water partition coefficient (Wildman–Crippen LogP) is 0.342. The van der Waals surface area contributed by atoms with Crippen LogP contribution in [0.3, 0.4) is 0 Å². The molecule has 0 aromatic carbocycles. The highest BCUT2D eigenvalue weighted by Gasteiger charge is 2.38. The van der Waals surface area contributed by atoms with E-state index in [1.54, 1.807) is 0 Å². The van der Waals surface area contributed by atoms with Crippen molar-refractivity contribution >= 4 is 10.0 Å². The van der Waals surface area contributed by atoms with E-state index in [4.69, 9.17) is 4.74 Å². The van der Waals surface area contributed by atoms with Gasteiger partial charge in [0, 0.05) is 6.54 Å². The molecule has 1 atom stereocenters. The van der Waals surface area contributed by atoms with Crippen LogP contribution in [0.15, 0.2) is 0 Å². The number of nitrogens with zero attached hydrogens (tertiary/aromatic N) is 1. The van der Waals surface area contributed by atoms with Crippen molar-refractivity contribution in [3.63, 3.8) is 0 Å². The summed E-state index contributed by atoms with van der Waals surface area (Å²) >= 11 is 0. The molecule has 0 aromatic heterocycles. The Labute approximate surface area is 103 Å². The van der Waals surface area contributed by atoms with Crippen molar-refractivity contribution < 1.29 is 18.3 Å². The molecule has 1 saturated carbocycles. The van der Waals surface area contributed by atoms with Gasteiger partial charge in [0.25, 0.3) is 0 Å². The molecular weight excluding hydrogens is 242 g/mol. The van der Waals surface area contributed by atoms with E-state index in [-0.39, 0.29) is 11.9 Å². The Bertz CT molecular complexity index is 337. The van der Waals surface area contributed by atoms with Crippen molar-refractivity contribution in [3.8, 4) is 0 Å². The van der Waals surface area contributed by atoms with E-state index in [0.29, 0.717) is 19.8 Å². The van der Waals surface area contributed by atoms with Crippen LogP contribution in [0.4, 0.5) is 0 Å². The fourth-order valence-corrected chi connectivity index (χ4v) is 4.86. The fourth-order valence-electron chi connectivity index (χ4n) is 2.67. The summed E-state index contributed by atoms with van der Waals surface area (Å²) in [5.74, 6) is 0. The SMILES string of the molecule is O=S(=O)(C1CCCCC1)N1CCOCC1CO. The van der Waals surface area contributed by atoms with Gasteiger partial charge in [-0.3, -0.25) is 0 Å². The van der Waals surface area contributed by atoms with Crippen molar-refractivity contribution in [2.24, 2.45) is 0 Å². The zero-order valence-electron chi connectivity index (χ0n) is 10.0. The highest BCUT2D eigenvalue weighted by Crippen LogP contribution is 2.27. The van der Waals surface area contributed by atoms with E-state index in [0.717, 1.165) is 32.1 Å². The van der Waals surface area contributed by atoms with E-state index in [1.807, 2.05) is 0 Å². The lowest BCUT2D eigenvalue weighted by atomic mass is 10.0. The summed E-state index contributed by atoms with van der Waals surface area (Å²) in [4.78, 5) is 0. The number of sulfonamides is 1. The molecule has 0 radical (unpaired) electrons. The van der Waals surface area contributed by atoms with E-state index in [2.05, 4.69) is 0 Å². The molecule has 0 bridgehead atoms. The Hall–Kier alpha value is -0.170. The van der Waals surface area contributed by atoms with Crippen LogP contribution in [0.25, 0.3) is 0 Å². The van der Waals surface area contributed by atoms with Crippen LogP contribution in [0.2, 0.25) is 0 Å². The second kappa shape index (κ2) is 5.65. The molecule has 0 spiro atoms. The first-order chi connectivity index (χ1) is 8.16. The molecule has 5 nitrogen and oxygen atoms in total. The Kier molecular flexibility index (Phi) is 4.41. The predicted molar refractivity (Wildman–Crippen MR) is 64.2 cm³/mol. The number of morpholine rings is 1. The number of aliphatic hydroxyl groups excluding tert-OH is 1. The van der Waals surface area contributed by atoms with Crippen LogP contribution in [0.1, 0.15) is 32.1 Å². The maximum Gasteiger partial charge on any atom is 0.217 e. The van der Waals surface area contributed by atoms with Gasteiger partial charge in [-0.25, -0.2) is 8.42 Å². The molecule has 100 valence electrons. The third-order valence-corrected chi connectivity index (χ3v) is 6.13. The molecule has 6 heteroatoms. The zero-order valence-corrected chi connectivity index (χ0v) is 10.9. The molecule has 0 aromatic rings. The van der Waals surface area contributed by atoms with Crippen molar-refractivity contribution in [3.05, 3.63) is 0 Å². The molecule has 1 aliphatic heterocycles. The summed E-state index contributed by atoms with van der Waals surface area (Å²) in [5, 5.41) is 8.99. The molecule has 2 rings (SSSR count). The lowest BCUT2D eigenvalue weighted by molar-refractivity contribution is 0.0103. The standard InChI is InChI=1S/C11H21NO4S/c13-8-10-9-16-7-6-12(10)17(14,15)11-4-2-1-3-5-11/h10-11,13H,1-9H2. The summed E-state index contributed by atoms with van der Waals surface area (Å²) in [5.41, 5.74) is 0. The minimum atomic E-state index is -3.25. The topological polar surface area (TPSA) is 66.8 Å². The van der Waals surface area contributed by atoms with Gasteiger partial charge >= 0.3 is 0 Å². The van der Waals surface area contributed by atoms with Crippen LogP contribution in [-0.4, -0.2) is 55.5 Å². The van der Waals surface area contributed by atoms with Crippen LogP contribution in [-0.2, 0) is 14.8 Å². The van der Waals surface area contributed by atoms with Crippen LogP contribution in [0.5, 0.6) is 0 Å². The Morgan fingerprint density at radius 3 is 2.59 bits per heavy atom. The Morgan fingerprint density at radius 1 is 1.24 bits per heavy atom. The third-order valence-electron chi connectivity index (χ3n) is 3.68. The Balaban J connectivity index is 2.11. The number of aliphatic hydroxyl groups is 1. The van der Waals surface area contributed by atoms with Gasteiger partial charge in [0.1, 0.15) is 0 Å². The summed E-state index contributed by atoms with van der Waals surface area (Å²) < 4.78 is 31.6. The van der Waals surface area contributed by atoms with E-state index in [9.17, 15) is 13.5 Å². The van der Waals surface area contributed by atoms with E-state index in [1.165, 1.54) is 4.31 Å². The monoisotopic (exact) mass is 263 g/mol. The lowest BCUT2D eigenvalue weighted by Crippen LogP contribution is -2.53. The fraction of sp³-hybridized carbons (Fsp3) is 1.00. The van der Waals surface area contributed by atoms with Crippen molar-refractivity contribution in [1.82, 2.24) is 4.31 Å². The largest absolute Gasteiger partial charge is 0.395 e. The highest BCUT2D eigenvalue weighted by molar-refractivity contribution is 7.89. The number of rotatable bonds is 3. The molecule has 2 fully saturated rings. The van der Waals surface area contributed by atoms with Gasteiger partial charge in [0.2, 0.25) is 10.0 Å². The minimum absolute atomic E-state index is 0.161. The minimum Gasteiger partial charge on any atom is -0.395 e. The van der Waals surface area contributed by atoms with Gasteiger partial charge < -0.3 is 9.84 Å². The number of hydrogen-bond donors (Lipinski definition) is 1. The maximum atomic E-state index is 12.5. The van der Waals surface area contributed by atoms with Crippen molar-refractivity contribution in [2.45, 2.75) is 43.4 Å². The molecule has 0 amide bonds. The summed E-state index contributed by atoms with van der Waals surface area (Å²) in [7, 11) is -3.25. The second-order valence-electron chi connectivity index (χ2n) is 4.83. The summed E-state index contributed by atoms with van der Waals surface area (Å²) in [6.07, 6.45) is 4.66. The van der Waals surface area contributed by atoms with E-state index >= 15 is 0 Å². The summed E-state index contributed by atoms with van der Waals surface area (Å²) in [6, 6.07) is -0.393. The van der Waals surface area contributed by atoms with Gasteiger partial charge in [-0.05, 0) is 12.8 Å². The van der Waals surface area contributed by atoms with Crippen LogP contribution < -0.4 is 0 Å². The van der Waals surface area contributed by atoms with Gasteiger partial charge in [-0.2, -0.15) is 4.31 Å². The molecule has 1 saturated heterocycles. The average Bonchev–Trinajstić information content (AvgIpc) is 2.39. The van der Waals surface area contributed by atoms with E-state index < -0.39 is 16.1 Å². The van der Waals surface area contributed by atoms with Crippen molar-refractivity contribution in [2.75, 3.05) is 26.4 Å². The Morgan fingerprint density at radius 2 is 1.94 bits per heavy atom. The normalized spacial score (nSPS) is 29.4. The second-order valence-corrected chi connectivity index (χ2v) is 6.99. The number of ether oxygens (including phenoxy) is 1. The smallest absolute Gasteiger partial charge is 0.217 e. The lowest BCUT2D eigenvalue weighted by Gasteiger charge is -2.36. The first-order valence-electron chi connectivity index (χ1n) is 6.35. The molecular formula is C11H21NO4S. The molecule has 1 unspecified atom stereocenters. The van der Waals surface area contributed by atoms with Crippen LogP contribution >= 0.6 is 0 Å². The van der Waals surface area contributed by atoms with Gasteiger partial charge in [-0.1, -0.05) is 19.3 Å². The molecule has 17 heavy (non-hydrogen) atoms. The van der Waals surface area contributed by atoms with Gasteiger partial charge in [-0.15, -0.1) is 0 Å². The summed E-state index contributed by atoms with van der Waals surface area (Å²) in [6.45, 7) is 0.959. The van der Waals surface area contributed by atoms with Gasteiger partial charge in [0.05, 0.1) is 31.1 Å². The first kappa shape index (κ1) is 13.3. The molecule has 1 heterocycles. The van der Waals surface area contributed by atoms with Gasteiger partial charge in [0.15, 0.2) is 0 Å². The first-order valence-corrected chi connectivity index (χ1v) is 7.86. The van der Waals surface area contributed by atoms with Crippen LogP contribution in [0, 0.1) is 0 Å². The molecule has 1 N–H and O–H groups in total.